The molecule has 2 aromatic rings. The number of aromatic nitrogens is 1. The SMILES string of the molecule is CC(C)CC1SCC(C(=O)NCc2cccnc2)N1C(=O)c1ccc(Cl)c(Cl)c1. The molecule has 29 heavy (non-hydrogen) atoms. The first-order valence-corrected chi connectivity index (χ1v) is 11.2. The number of thioether (sulfide) groups is 1. The van der Waals surface area contributed by atoms with E-state index in [1.54, 1.807) is 47.3 Å². The van der Waals surface area contributed by atoms with Gasteiger partial charge in [0.25, 0.3) is 5.91 Å². The van der Waals surface area contributed by atoms with Crippen molar-refractivity contribution in [1.82, 2.24) is 15.2 Å². The molecule has 0 bridgehead atoms. The van der Waals surface area contributed by atoms with Gasteiger partial charge in [-0.25, -0.2) is 0 Å². The first-order chi connectivity index (χ1) is 13.9. The Labute approximate surface area is 185 Å². The molecule has 1 aliphatic rings. The molecule has 3 rings (SSSR count). The standard InChI is InChI=1S/C21H23Cl2N3O2S/c1-13(2)8-19-26(21(28)15-5-6-16(22)17(23)9-15)18(12-29-19)20(27)25-11-14-4-3-7-24-10-14/h3-7,9-10,13,18-19H,8,11-12H2,1-2H3,(H,25,27). The Morgan fingerprint density at radius 1 is 1.28 bits per heavy atom. The largest absolute Gasteiger partial charge is 0.350 e. The predicted octanol–water partition coefficient (Wildman–Crippen LogP) is 4.63. The van der Waals surface area contributed by atoms with Crippen LogP contribution < -0.4 is 5.32 Å². The van der Waals surface area contributed by atoms with Gasteiger partial charge in [0.2, 0.25) is 5.91 Å². The third kappa shape index (κ3) is 5.44. The fourth-order valence-electron chi connectivity index (χ4n) is 3.21. The quantitative estimate of drug-likeness (QED) is 0.694. The van der Waals surface area contributed by atoms with Crippen LogP contribution >= 0.6 is 35.0 Å². The van der Waals surface area contributed by atoms with Gasteiger partial charge in [0.15, 0.2) is 0 Å². The van der Waals surface area contributed by atoms with Gasteiger partial charge in [0.05, 0.1) is 15.4 Å². The van der Waals surface area contributed by atoms with E-state index in [2.05, 4.69) is 24.1 Å². The van der Waals surface area contributed by atoms with E-state index in [0.717, 1.165) is 12.0 Å². The summed E-state index contributed by atoms with van der Waals surface area (Å²) in [6.07, 6.45) is 4.21. The van der Waals surface area contributed by atoms with E-state index in [4.69, 9.17) is 23.2 Å². The summed E-state index contributed by atoms with van der Waals surface area (Å²) in [6.45, 7) is 4.59. The first-order valence-electron chi connectivity index (χ1n) is 9.42. The van der Waals surface area contributed by atoms with Crippen LogP contribution in [0, 0.1) is 5.92 Å². The monoisotopic (exact) mass is 451 g/mol. The molecule has 2 amide bonds. The highest BCUT2D eigenvalue weighted by Crippen LogP contribution is 2.35. The molecule has 1 saturated heterocycles. The number of carbonyl (C=O) groups excluding carboxylic acids is 2. The van der Waals surface area contributed by atoms with Crippen molar-refractivity contribution in [3.63, 3.8) is 0 Å². The number of hydrogen-bond donors (Lipinski definition) is 1. The highest BCUT2D eigenvalue weighted by molar-refractivity contribution is 8.00. The van der Waals surface area contributed by atoms with Gasteiger partial charge in [-0.2, -0.15) is 0 Å². The number of nitrogens with one attached hydrogen (secondary N) is 1. The van der Waals surface area contributed by atoms with E-state index in [-0.39, 0.29) is 17.2 Å². The Balaban J connectivity index is 1.79. The number of pyridine rings is 1. The maximum atomic E-state index is 13.3. The highest BCUT2D eigenvalue weighted by atomic mass is 35.5. The lowest BCUT2D eigenvalue weighted by molar-refractivity contribution is -0.125. The molecule has 1 N–H and O–H groups in total. The molecule has 2 heterocycles. The number of halogens is 2. The molecule has 154 valence electrons. The lowest BCUT2D eigenvalue weighted by Gasteiger charge is -2.30. The summed E-state index contributed by atoms with van der Waals surface area (Å²) in [5.41, 5.74) is 1.34. The Morgan fingerprint density at radius 2 is 2.07 bits per heavy atom. The summed E-state index contributed by atoms with van der Waals surface area (Å²) < 4.78 is 0. The van der Waals surface area contributed by atoms with Crippen LogP contribution in [0.4, 0.5) is 0 Å². The van der Waals surface area contributed by atoms with Gasteiger partial charge in [-0.1, -0.05) is 43.1 Å². The van der Waals surface area contributed by atoms with Crippen molar-refractivity contribution in [3.05, 3.63) is 63.9 Å². The zero-order valence-electron chi connectivity index (χ0n) is 16.3. The third-order valence-corrected chi connectivity index (χ3v) is 6.71. The molecule has 0 spiro atoms. The smallest absolute Gasteiger partial charge is 0.255 e. The van der Waals surface area contributed by atoms with E-state index in [9.17, 15) is 9.59 Å². The van der Waals surface area contributed by atoms with E-state index >= 15 is 0 Å². The van der Waals surface area contributed by atoms with Crippen molar-refractivity contribution >= 4 is 46.8 Å². The number of benzene rings is 1. The van der Waals surface area contributed by atoms with Crippen LogP contribution in [-0.2, 0) is 11.3 Å². The van der Waals surface area contributed by atoms with Crippen LogP contribution in [0.25, 0.3) is 0 Å². The molecular weight excluding hydrogens is 429 g/mol. The molecule has 8 heteroatoms. The number of carbonyl (C=O) groups is 2. The topological polar surface area (TPSA) is 62.3 Å². The van der Waals surface area contributed by atoms with Gasteiger partial charge in [0.1, 0.15) is 6.04 Å². The maximum Gasteiger partial charge on any atom is 0.255 e. The molecule has 1 fully saturated rings. The fraction of sp³-hybridized carbons (Fsp3) is 0.381. The Hall–Kier alpha value is -1.76. The molecule has 5 nitrogen and oxygen atoms in total. The zero-order valence-corrected chi connectivity index (χ0v) is 18.6. The normalized spacial score (nSPS) is 18.9. The Bertz CT molecular complexity index is 879. The molecule has 0 radical (unpaired) electrons. The second-order valence-electron chi connectivity index (χ2n) is 7.35. The maximum absolute atomic E-state index is 13.3. The highest BCUT2D eigenvalue weighted by Gasteiger charge is 2.41. The van der Waals surface area contributed by atoms with Crippen LogP contribution in [0.15, 0.2) is 42.7 Å². The lowest BCUT2D eigenvalue weighted by Crippen LogP contribution is -2.49. The zero-order chi connectivity index (χ0) is 21.0. The molecule has 1 aromatic carbocycles. The van der Waals surface area contributed by atoms with Gasteiger partial charge in [-0.05, 0) is 42.2 Å². The summed E-state index contributed by atoms with van der Waals surface area (Å²) >= 11 is 13.7. The van der Waals surface area contributed by atoms with Crippen LogP contribution in [0.2, 0.25) is 10.0 Å². The summed E-state index contributed by atoms with van der Waals surface area (Å²) in [6, 6.07) is 8.00. The van der Waals surface area contributed by atoms with E-state index in [1.165, 1.54) is 0 Å². The summed E-state index contributed by atoms with van der Waals surface area (Å²) in [5, 5.41) is 3.59. The van der Waals surface area contributed by atoms with Crippen molar-refractivity contribution in [3.8, 4) is 0 Å². The Kier molecular flexibility index (Phi) is 7.44. The molecule has 2 atom stereocenters. The number of rotatable bonds is 6. The van der Waals surface area contributed by atoms with Crippen molar-refractivity contribution in [2.45, 2.75) is 38.2 Å². The minimum atomic E-state index is -0.539. The van der Waals surface area contributed by atoms with Gasteiger partial charge < -0.3 is 10.2 Å². The summed E-state index contributed by atoms with van der Waals surface area (Å²) in [7, 11) is 0. The van der Waals surface area contributed by atoms with Crippen LogP contribution in [0.3, 0.4) is 0 Å². The van der Waals surface area contributed by atoms with Crippen molar-refractivity contribution in [1.29, 1.82) is 0 Å². The minimum Gasteiger partial charge on any atom is -0.350 e. The molecular formula is C21H23Cl2N3O2S. The van der Waals surface area contributed by atoms with E-state index < -0.39 is 6.04 Å². The first kappa shape index (κ1) is 21.9. The summed E-state index contributed by atoms with van der Waals surface area (Å²) in [4.78, 5) is 32.0. The average molecular weight is 452 g/mol. The van der Waals surface area contributed by atoms with Crippen molar-refractivity contribution in [2.75, 3.05) is 5.75 Å². The van der Waals surface area contributed by atoms with E-state index in [1.807, 2.05) is 12.1 Å². The molecule has 1 aliphatic heterocycles. The van der Waals surface area contributed by atoms with Gasteiger partial charge in [0, 0.05) is 30.3 Å². The lowest BCUT2D eigenvalue weighted by atomic mass is 10.1. The van der Waals surface area contributed by atoms with Crippen LogP contribution in [-0.4, -0.2) is 38.9 Å². The van der Waals surface area contributed by atoms with Gasteiger partial charge >= 0.3 is 0 Å². The van der Waals surface area contributed by atoms with Crippen LogP contribution in [0.5, 0.6) is 0 Å². The van der Waals surface area contributed by atoms with Gasteiger partial charge in [-0.3, -0.25) is 14.6 Å². The average Bonchev–Trinajstić information content (AvgIpc) is 3.11. The number of hydrogen-bond acceptors (Lipinski definition) is 4. The molecule has 0 aliphatic carbocycles. The Morgan fingerprint density at radius 3 is 2.72 bits per heavy atom. The molecule has 0 saturated carbocycles. The van der Waals surface area contributed by atoms with Gasteiger partial charge in [-0.15, -0.1) is 11.8 Å². The summed E-state index contributed by atoms with van der Waals surface area (Å²) in [5.74, 6) is 0.583. The minimum absolute atomic E-state index is 0.0638. The second-order valence-corrected chi connectivity index (χ2v) is 9.38. The molecule has 2 unspecified atom stereocenters. The van der Waals surface area contributed by atoms with Crippen molar-refractivity contribution < 1.29 is 9.59 Å². The van der Waals surface area contributed by atoms with Crippen LogP contribution in [0.1, 0.15) is 36.2 Å². The number of amides is 2. The predicted molar refractivity (Wildman–Crippen MR) is 118 cm³/mol. The number of nitrogens with zero attached hydrogens (tertiary/aromatic N) is 2. The van der Waals surface area contributed by atoms with E-state index in [0.29, 0.717) is 33.8 Å². The third-order valence-electron chi connectivity index (χ3n) is 4.66. The fourth-order valence-corrected chi connectivity index (χ4v) is 5.15. The second kappa shape index (κ2) is 9.83. The van der Waals surface area contributed by atoms with Crippen molar-refractivity contribution in [2.24, 2.45) is 5.92 Å². The molecule has 1 aromatic heterocycles.